The number of aliphatic hydroxyl groups excluding tert-OH is 1. The molecule has 9 heteroatoms. The summed E-state index contributed by atoms with van der Waals surface area (Å²) in [4.78, 5) is 18.6. The number of aliphatic imine (C=N–C) groups is 1. The van der Waals surface area contributed by atoms with Crippen molar-refractivity contribution in [2.24, 2.45) is 4.99 Å². The Morgan fingerprint density at radius 2 is 1.91 bits per heavy atom. The summed E-state index contributed by atoms with van der Waals surface area (Å²) in [6, 6.07) is 7.05. The molecule has 0 saturated carbocycles. The third-order valence-electron chi connectivity index (χ3n) is 5.20. The maximum absolute atomic E-state index is 13.6. The van der Waals surface area contributed by atoms with E-state index in [0.717, 1.165) is 6.07 Å². The largest absolute Gasteiger partial charge is 0.505 e. The van der Waals surface area contributed by atoms with Crippen LogP contribution in [0, 0.1) is 13.8 Å². The molecule has 0 fully saturated rings. The first kappa shape index (κ1) is 24.9. The number of aryl methyl sites for hydroxylation is 1. The van der Waals surface area contributed by atoms with Gasteiger partial charge in [-0.2, -0.15) is 13.2 Å². The fourth-order valence-corrected chi connectivity index (χ4v) is 3.69. The molecule has 1 aliphatic heterocycles. The monoisotopic (exact) mass is 473 g/mol. The number of hydrogen-bond acceptors (Lipinski definition) is 5. The zero-order valence-electron chi connectivity index (χ0n) is 19.6. The standard InChI is InChI=1S/C25H26F3N3O3/c1-6-34-24(33)22-19(11-12-30(4)5)29-20(23(22)32)14-17-13-15(2)31(16(17)3)21-10-8-7-9-18(21)25(26,27)28/h7-14,32H,6H2,1-5H3/b12-11+,20-14+. The maximum atomic E-state index is 13.6. The van der Waals surface area contributed by atoms with Gasteiger partial charge < -0.3 is 19.3 Å². The minimum absolute atomic E-state index is 0.00570. The Balaban J connectivity index is 2.14. The van der Waals surface area contributed by atoms with Crippen molar-refractivity contribution in [3.8, 4) is 5.69 Å². The van der Waals surface area contributed by atoms with Crippen molar-refractivity contribution in [1.82, 2.24) is 9.47 Å². The topological polar surface area (TPSA) is 67.1 Å². The van der Waals surface area contributed by atoms with E-state index in [4.69, 9.17) is 4.74 Å². The molecule has 34 heavy (non-hydrogen) atoms. The summed E-state index contributed by atoms with van der Waals surface area (Å²) in [5.74, 6) is -1.06. The molecule has 6 nitrogen and oxygen atoms in total. The minimum atomic E-state index is -4.52. The molecule has 2 heterocycles. The van der Waals surface area contributed by atoms with Crippen LogP contribution in [0.4, 0.5) is 13.2 Å². The van der Waals surface area contributed by atoms with Crippen LogP contribution in [0.2, 0.25) is 0 Å². The van der Waals surface area contributed by atoms with Gasteiger partial charge in [0.1, 0.15) is 11.3 Å². The van der Waals surface area contributed by atoms with Gasteiger partial charge in [0.25, 0.3) is 0 Å². The van der Waals surface area contributed by atoms with Gasteiger partial charge in [0.05, 0.1) is 23.6 Å². The van der Waals surface area contributed by atoms with Crippen LogP contribution in [0.15, 0.2) is 64.6 Å². The molecular formula is C25H26F3N3O3. The van der Waals surface area contributed by atoms with Crippen LogP contribution in [0.3, 0.4) is 0 Å². The summed E-state index contributed by atoms with van der Waals surface area (Å²) >= 11 is 0. The van der Waals surface area contributed by atoms with E-state index in [-0.39, 0.29) is 35.0 Å². The maximum Gasteiger partial charge on any atom is 0.418 e. The third kappa shape index (κ3) is 4.93. The zero-order valence-corrected chi connectivity index (χ0v) is 19.6. The number of nitrogens with zero attached hydrogens (tertiary/aromatic N) is 3. The van der Waals surface area contributed by atoms with E-state index >= 15 is 0 Å². The summed E-state index contributed by atoms with van der Waals surface area (Å²) in [5, 5.41) is 10.8. The van der Waals surface area contributed by atoms with Gasteiger partial charge in [0.2, 0.25) is 0 Å². The predicted octanol–water partition coefficient (Wildman–Crippen LogP) is 5.36. The molecule has 1 aromatic heterocycles. The molecule has 0 atom stereocenters. The van der Waals surface area contributed by atoms with Gasteiger partial charge in [0.15, 0.2) is 5.76 Å². The van der Waals surface area contributed by atoms with Gasteiger partial charge in [0, 0.05) is 31.7 Å². The first-order valence-electron chi connectivity index (χ1n) is 10.6. The quantitative estimate of drug-likeness (QED) is 0.574. The summed E-state index contributed by atoms with van der Waals surface area (Å²) in [7, 11) is 3.59. The van der Waals surface area contributed by atoms with Gasteiger partial charge in [-0.05, 0) is 56.7 Å². The molecule has 3 rings (SSSR count). The highest BCUT2D eigenvalue weighted by atomic mass is 19.4. The van der Waals surface area contributed by atoms with Crippen LogP contribution in [-0.4, -0.2) is 47.0 Å². The van der Waals surface area contributed by atoms with Gasteiger partial charge in [-0.15, -0.1) is 0 Å². The molecule has 180 valence electrons. The fraction of sp³-hybridized carbons (Fsp3) is 0.280. The van der Waals surface area contributed by atoms with Crippen molar-refractivity contribution in [3.63, 3.8) is 0 Å². The van der Waals surface area contributed by atoms with Crippen molar-refractivity contribution in [2.75, 3.05) is 20.7 Å². The Bertz CT molecular complexity index is 1230. The van der Waals surface area contributed by atoms with Crippen LogP contribution in [0.1, 0.15) is 29.4 Å². The molecule has 0 radical (unpaired) electrons. The lowest BCUT2D eigenvalue weighted by atomic mass is 10.1. The number of allylic oxidation sites excluding steroid dienone is 1. The number of benzene rings is 1. The normalized spacial score (nSPS) is 15.4. The molecule has 0 saturated heterocycles. The Morgan fingerprint density at radius 3 is 2.53 bits per heavy atom. The molecular weight excluding hydrogens is 447 g/mol. The Labute approximate surface area is 196 Å². The van der Waals surface area contributed by atoms with E-state index in [1.807, 2.05) is 0 Å². The lowest BCUT2D eigenvalue weighted by Crippen LogP contribution is -2.15. The lowest BCUT2D eigenvalue weighted by molar-refractivity contribution is -0.138. The highest BCUT2D eigenvalue weighted by molar-refractivity contribution is 6.27. The van der Waals surface area contributed by atoms with Crippen molar-refractivity contribution < 1.29 is 27.8 Å². The SMILES string of the molecule is CCOC(=O)C1=C(O)/C(=C\c2cc(C)n(-c3ccccc3C(F)(F)F)c2C)N=C1/C=C/N(C)C. The number of aromatic nitrogens is 1. The van der Waals surface area contributed by atoms with E-state index in [1.165, 1.54) is 16.7 Å². The average Bonchev–Trinajstić information content (AvgIpc) is 3.21. The summed E-state index contributed by atoms with van der Waals surface area (Å²) in [5.41, 5.74) is 1.19. The van der Waals surface area contributed by atoms with Crippen molar-refractivity contribution in [3.05, 3.63) is 82.2 Å². The molecule has 1 aromatic carbocycles. The molecule has 0 amide bonds. The molecule has 0 unspecified atom stereocenters. The first-order chi connectivity index (χ1) is 16.0. The number of carbonyl (C=O) groups is 1. The number of hydrogen-bond donors (Lipinski definition) is 1. The lowest BCUT2D eigenvalue weighted by Gasteiger charge is -2.16. The molecule has 2 aromatic rings. The van der Waals surface area contributed by atoms with Crippen molar-refractivity contribution >= 4 is 17.8 Å². The van der Waals surface area contributed by atoms with Crippen LogP contribution in [0.25, 0.3) is 11.8 Å². The van der Waals surface area contributed by atoms with E-state index in [0.29, 0.717) is 17.0 Å². The van der Waals surface area contributed by atoms with E-state index in [1.54, 1.807) is 70.3 Å². The predicted molar refractivity (Wildman–Crippen MR) is 125 cm³/mol. The number of halogens is 3. The van der Waals surface area contributed by atoms with Crippen molar-refractivity contribution in [1.29, 1.82) is 0 Å². The highest BCUT2D eigenvalue weighted by Crippen LogP contribution is 2.36. The molecule has 0 spiro atoms. The number of para-hydroxylation sites is 1. The summed E-state index contributed by atoms with van der Waals surface area (Å²) in [6.45, 7) is 5.16. The number of esters is 1. The second kappa shape index (κ2) is 9.62. The molecule has 1 aliphatic rings. The van der Waals surface area contributed by atoms with Crippen LogP contribution >= 0.6 is 0 Å². The smallest absolute Gasteiger partial charge is 0.418 e. The summed E-state index contributed by atoms with van der Waals surface area (Å²) in [6.07, 6.45) is 0.276. The first-order valence-corrected chi connectivity index (χ1v) is 10.6. The molecule has 1 N–H and O–H groups in total. The highest BCUT2D eigenvalue weighted by Gasteiger charge is 2.34. The van der Waals surface area contributed by atoms with Gasteiger partial charge in [-0.1, -0.05) is 12.1 Å². The van der Waals surface area contributed by atoms with Crippen LogP contribution in [-0.2, 0) is 15.7 Å². The van der Waals surface area contributed by atoms with Crippen LogP contribution in [0.5, 0.6) is 0 Å². The summed E-state index contributed by atoms with van der Waals surface area (Å²) < 4.78 is 47.4. The average molecular weight is 473 g/mol. The number of alkyl halides is 3. The Hall–Kier alpha value is -3.75. The zero-order chi connectivity index (χ0) is 25.2. The van der Waals surface area contributed by atoms with Crippen LogP contribution < -0.4 is 0 Å². The van der Waals surface area contributed by atoms with Crippen molar-refractivity contribution in [2.45, 2.75) is 26.9 Å². The number of rotatable bonds is 6. The second-order valence-corrected chi connectivity index (χ2v) is 7.93. The van der Waals surface area contributed by atoms with E-state index < -0.39 is 17.7 Å². The van der Waals surface area contributed by atoms with Gasteiger partial charge in [-0.25, -0.2) is 9.79 Å². The number of aliphatic hydroxyl groups is 1. The van der Waals surface area contributed by atoms with E-state index in [2.05, 4.69) is 4.99 Å². The van der Waals surface area contributed by atoms with Gasteiger partial charge >= 0.3 is 12.1 Å². The minimum Gasteiger partial charge on any atom is -0.505 e. The third-order valence-corrected chi connectivity index (χ3v) is 5.20. The number of ether oxygens (including phenoxy) is 1. The second-order valence-electron chi connectivity index (χ2n) is 7.93. The van der Waals surface area contributed by atoms with E-state index in [9.17, 15) is 23.1 Å². The Kier molecular flexibility index (Phi) is 7.04. The molecule has 0 bridgehead atoms. The fourth-order valence-electron chi connectivity index (χ4n) is 3.69. The Morgan fingerprint density at radius 1 is 1.24 bits per heavy atom. The number of carbonyl (C=O) groups excluding carboxylic acids is 1. The van der Waals surface area contributed by atoms with Gasteiger partial charge in [-0.3, -0.25) is 0 Å². The molecule has 0 aliphatic carbocycles.